The number of hydrogen-bond acceptors (Lipinski definition) is 3. The van der Waals surface area contributed by atoms with Crippen LogP contribution in [0.5, 0.6) is 0 Å². The molecule has 4 heteroatoms. The topological polar surface area (TPSA) is 40.5 Å². The highest BCUT2D eigenvalue weighted by atomic mass is 32.2. The van der Waals surface area contributed by atoms with Crippen molar-refractivity contribution < 1.29 is 9.90 Å². The van der Waals surface area contributed by atoms with Gasteiger partial charge in [-0.05, 0) is 43.5 Å². The Balaban J connectivity index is 2.67. The van der Waals surface area contributed by atoms with Gasteiger partial charge in [0.2, 0.25) is 0 Å². The lowest BCUT2D eigenvalue weighted by atomic mass is 10.0. The van der Waals surface area contributed by atoms with Crippen LogP contribution in [0.2, 0.25) is 0 Å². The Kier molecular flexibility index (Phi) is 6.95. The van der Waals surface area contributed by atoms with E-state index in [1.165, 1.54) is 0 Å². The molecule has 0 bridgehead atoms. The van der Waals surface area contributed by atoms with Crippen molar-refractivity contribution in [3.63, 3.8) is 0 Å². The second kappa shape index (κ2) is 8.23. The summed E-state index contributed by atoms with van der Waals surface area (Å²) in [6.07, 6.45) is 3.37. The van der Waals surface area contributed by atoms with E-state index in [1.807, 2.05) is 36.0 Å². The molecule has 0 spiro atoms. The van der Waals surface area contributed by atoms with Crippen molar-refractivity contribution in [3.05, 3.63) is 35.4 Å². The molecule has 0 amide bonds. The third-order valence-electron chi connectivity index (χ3n) is 3.37. The van der Waals surface area contributed by atoms with Gasteiger partial charge in [0.25, 0.3) is 0 Å². The summed E-state index contributed by atoms with van der Waals surface area (Å²) in [7, 11) is 2.10. The molecule has 0 aromatic heterocycles. The van der Waals surface area contributed by atoms with E-state index in [0.29, 0.717) is 6.04 Å². The van der Waals surface area contributed by atoms with Gasteiger partial charge in [0.05, 0.1) is 6.42 Å². The molecule has 1 aromatic rings. The van der Waals surface area contributed by atoms with Gasteiger partial charge in [0.15, 0.2) is 0 Å². The summed E-state index contributed by atoms with van der Waals surface area (Å²) in [5, 5.41) is 8.93. The maximum absolute atomic E-state index is 10.9. The molecule has 1 atom stereocenters. The standard InChI is InChI=1S/C15H23NO2S/c1-12(8-9-19-3)16(2)11-14-7-5-4-6-13(14)10-15(17)18/h4-7,12H,8-11H2,1-3H3,(H,17,18). The predicted octanol–water partition coefficient (Wildman–Crippen LogP) is 2.89. The second-order valence-corrected chi connectivity index (χ2v) is 5.87. The van der Waals surface area contributed by atoms with E-state index < -0.39 is 5.97 Å². The Morgan fingerprint density at radius 2 is 2.00 bits per heavy atom. The Hall–Kier alpha value is -1.00. The molecule has 0 radical (unpaired) electrons. The lowest BCUT2D eigenvalue weighted by Gasteiger charge is -2.25. The third kappa shape index (κ3) is 5.66. The second-order valence-electron chi connectivity index (χ2n) is 4.88. The normalized spacial score (nSPS) is 12.6. The number of thioether (sulfide) groups is 1. The van der Waals surface area contributed by atoms with Gasteiger partial charge in [0.1, 0.15) is 0 Å². The van der Waals surface area contributed by atoms with Gasteiger partial charge in [-0.1, -0.05) is 24.3 Å². The third-order valence-corrected chi connectivity index (χ3v) is 4.02. The fraction of sp³-hybridized carbons (Fsp3) is 0.533. The molecule has 0 fully saturated rings. The van der Waals surface area contributed by atoms with Crippen LogP contribution in [0.25, 0.3) is 0 Å². The van der Waals surface area contributed by atoms with Crippen LogP contribution in [0.4, 0.5) is 0 Å². The van der Waals surface area contributed by atoms with Crippen molar-refractivity contribution >= 4 is 17.7 Å². The number of carboxylic acids is 1. The largest absolute Gasteiger partial charge is 0.481 e. The summed E-state index contributed by atoms with van der Waals surface area (Å²) in [5.74, 6) is 0.382. The molecule has 0 saturated heterocycles. The van der Waals surface area contributed by atoms with E-state index in [0.717, 1.165) is 29.8 Å². The highest BCUT2D eigenvalue weighted by Gasteiger charge is 2.12. The summed E-state index contributed by atoms with van der Waals surface area (Å²) in [5.41, 5.74) is 2.03. The van der Waals surface area contributed by atoms with Crippen LogP contribution in [0.1, 0.15) is 24.5 Å². The number of aliphatic carboxylic acids is 1. The molecular weight excluding hydrogens is 258 g/mol. The Morgan fingerprint density at radius 1 is 1.37 bits per heavy atom. The molecule has 0 saturated carbocycles. The molecule has 19 heavy (non-hydrogen) atoms. The van der Waals surface area contributed by atoms with Crippen LogP contribution in [-0.2, 0) is 17.8 Å². The SMILES string of the molecule is CSCCC(C)N(C)Cc1ccccc1CC(=O)O. The van der Waals surface area contributed by atoms with Gasteiger partial charge < -0.3 is 5.11 Å². The first kappa shape index (κ1) is 16.1. The molecule has 0 aliphatic carbocycles. The molecule has 0 heterocycles. The van der Waals surface area contributed by atoms with Crippen molar-refractivity contribution in [1.82, 2.24) is 4.90 Å². The minimum atomic E-state index is -0.773. The molecule has 1 unspecified atom stereocenters. The van der Waals surface area contributed by atoms with E-state index in [9.17, 15) is 4.79 Å². The molecule has 3 nitrogen and oxygen atoms in total. The number of hydrogen-bond donors (Lipinski definition) is 1. The summed E-state index contributed by atoms with van der Waals surface area (Å²) >= 11 is 1.86. The maximum Gasteiger partial charge on any atom is 0.307 e. The number of nitrogens with zero attached hydrogens (tertiary/aromatic N) is 1. The lowest BCUT2D eigenvalue weighted by Crippen LogP contribution is -2.29. The molecule has 0 aliphatic heterocycles. The maximum atomic E-state index is 10.9. The highest BCUT2D eigenvalue weighted by molar-refractivity contribution is 7.98. The van der Waals surface area contributed by atoms with Crippen LogP contribution in [0, 0.1) is 0 Å². The monoisotopic (exact) mass is 281 g/mol. The first-order valence-corrected chi connectivity index (χ1v) is 7.91. The van der Waals surface area contributed by atoms with E-state index in [1.54, 1.807) is 0 Å². The number of benzene rings is 1. The summed E-state index contributed by atoms with van der Waals surface area (Å²) in [6.45, 7) is 3.02. The number of carbonyl (C=O) groups is 1. The average Bonchev–Trinajstić information content (AvgIpc) is 2.37. The first-order valence-electron chi connectivity index (χ1n) is 6.52. The van der Waals surface area contributed by atoms with E-state index >= 15 is 0 Å². The lowest BCUT2D eigenvalue weighted by molar-refractivity contribution is -0.136. The van der Waals surface area contributed by atoms with Crippen LogP contribution in [-0.4, -0.2) is 41.1 Å². The van der Waals surface area contributed by atoms with Crippen LogP contribution in [0.15, 0.2) is 24.3 Å². The molecule has 0 aliphatic rings. The highest BCUT2D eigenvalue weighted by Crippen LogP contribution is 2.15. The quantitative estimate of drug-likeness (QED) is 0.795. The van der Waals surface area contributed by atoms with Crippen molar-refractivity contribution in [1.29, 1.82) is 0 Å². The average molecular weight is 281 g/mol. The molecule has 1 N–H and O–H groups in total. The van der Waals surface area contributed by atoms with Gasteiger partial charge in [-0.2, -0.15) is 11.8 Å². The van der Waals surface area contributed by atoms with Crippen LogP contribution >= 0.6 is 11.8 Å². The van der Waals surface area contributed by atoms with Gasteiger partial charge in [-0.15, -0.1) is 0 Å². The Bertz CT molecular complexity index is 409. The van der Waals surface area contributed by atoms with E-state index in [2.05, 4.69) is 25.1 Å². The van der Waals surface area contributed by atoms with Gasteiger partial charge >= 0.3 is 5.97 Å². The van der Waals surface area contributed by atoms with Gasteiger partial charge in [-0.3, -0.25) is 9.69 Å². The van der Waals surface area contributed by atoms with Crippen molar-refractivity contribution in [2.45, 2.75) is 32.4 Å². The van der Waals surface area contributed by atoms with Crippen molar-refractivity contribution in [2.24, 2.45) is 0 Å². The Labute approximate surface area is 120 Å². The zero-order valence-corrected chi connectivity index (χ0v) is 12.7. The fourth-order valence-corrected chi connectivity index (χ4v) is 2.56. The molecule has 1 aromatic carbocycles. The number of rotatable bonds is 8. The summed E-state index contributed by atoms with van der Waals surface area (Å²) in [6, 6.07) is 8.31. The minimum Gasteiger partial charge on any atom is -0.481 e. The Morgan fingerprint density at radius 3 is 2.58 bits per heavy atom. The smallest absolute Gasteiger partial charge is 0.307 e. The fourth-order valence-electron chi connectivity index (χ4n) is 1.98. The molecule has 1 rings (SSSR count). The summed E-state index contributed by atoms with van der Waals surface area (Å²) < 4.78 is 0. The molecule has 106 valence electrons. The number of carboxylic acid groups (broad SMARTS) is 1. The van der Waals surface area contributed by atoms with Crippen LogP contribution in [0.3, 0.4) is 0 Å². The summed E-state index contributed by atoms with van der Waals surface area (Å²) in [4.78, 5) is 13.2. The predicted molar refractivity (Wildman–Crippen MR) is 81.7 cm³/mol. The zero-order valence-electron chi connectivity index (χ0n) is 11.9. The van der Waals surface area contributed by atoms with E-state index in [-0.39, 0.29) is 6.42 Å². The zero-order chi connectivity index (χ0) is 14.3. The van der Waals surface area contributed by atoms with E-state index in [4.69, 9.17) is 5.11 Å². The van der Waals surface area contributed by atoms with Gasteiger partial charge in [-0.25, -0.2) is 0 Å². The van der Waals surface area contributed by atoms with Gasteiger partial charge in [0, 0.05) is 12.6 Å². The first-order chi connectivity index (χ1) is 9.04. The molecular formula is C15H23NO2S. The van der Waals surface area contributed by atoms with Crippen LogP contribution < -0.4 is 0 Å². The minimum absolute atomic E-state index is 0.100. The van der Waals surface area contributed by atoms with Crippen molar-refractivity contribution in [2.75, 3.05) is 19.1 Å². The van der Waals surface area contributed by atoms with Crippen molar-refractivity contribution in [3.8, 4) is 0 Å².